The van der Waals surface area contributed by atoms with Gasteiger partial charge in [-0.1, -0.05) is 51.2 Å². The zero-order valence-electron chi connectivity index (χ0n) is 10.3. The van der Waals surface area contributed by atoms with Crippen molar-refractivity contribution in [3.8, 4) is 0 Å². The second kappa shape index (κ2) is 5.95. The second-order valence-corrected chi connectivity index (χ2v) is 4.54. The minimum Gasteiger partial charge on any atom is -0.103 e. The van der Waals surface area contributed by atoms with Crippen molar-refractivity contribution in [1.29, 1.82) is 0 Å². The third kappa shape index (κ3) is 2.84. The van der Waals surface area contributed by atoms with Crippen LogP contribution in [0.4, 0.5) is 0 Å². The van der Waals surface area contributed by atoms with Gasteiger partial charge in [0.05, 0.1) is 0 Å². The maximum absolute atomic E-state index is 3.99. The summed E-state index contributed by atoms with van der Waals surface area (Å²) in [6.07, 6.45) is 13.9. The largest absolute Gasteiger partial charge is 0.103 e. The van der Waals surface area contributed by atoms with Crippen molar-refractivity contribution in [2.45, 2.75) is 33.6 Å². The van der Waals surface area contributed by atoms with Gasteiger partial charge in [0.2, 0.25) is 0 Å². The SMILES string of the molecule is C=CC1C(/C=C\CC)C=CC(CC)C1C. The Morgan fingerprint density at radius 3 is 2.53 bits per heavy atom. The molecule has 15 heavy (non-hydrogen) atoms. The molecule has 0 nitrogen and oxygen atoms in total. The van der Waals surface area contributed by atoms with E-state index >= 15 is 0 Å². The van der Waals surface area contributed by atoms with Crippen LogP contribution >= 0.6 is 0 Å². The number of rotatable bonds is 4. The minimum atomic E-state index is 0.570. The smallest absolute Gasteiger partial charge is 0.00121 e. The summed E-state index contributed by atoms with van der Waals surface area (Å²) in [4.78, 5) is 0. The Balaban J connectivity index is 2.80. The van der Waals surface area contributed by atoms with Gasteiger partial charge in [0, 0.05) is 5.92 Å². The lowest BCUT2D eigenvalue weighted by molar-refractivity contribution is 0.276. The van der Waals surface area contributed by atoms with Crippen molar-refractivity contribution < 1.29 is 0 Å². The quantitative estimate of drug-likeness (QED) is 0.587. The molecule has 0 heterocycles. The molecule has 1 aliphatic carbocycles. The molecular formula is C15H24. The Labute approximate surface area is 94.8 Å². The average molecular weight is 204 g/mol. The maximum Gasteiger partial charge on any atom is 0.00121 e. The van der Waals surface area contributed by atoms with Crippen LogP contribution in [-0.2, 0) is 0 Å². The first kappa shape index (κ1) is 12.3. The summed E-state index contributed by atoms with van der Waals surface area (Å²) in [6.45, 7) is 10.8. The first-order valence-corrected chi connectivity index (χ1v) is 6.22. The summed E-state index contributed by atoms with van der Waals surface area (Å²) >= 11 is 0. The van der Waals surface area contributed by atoms with Crippen molar-refractivity contribution in [3.63, 3.8) is 0 Å². The Morgan fingerprint density at radius 1 is 1.27 bits per heavy atom. The Kier molecular flexibility index (Phi) is 4.87. The van der Waals surface area contributed by atoms with Crippen LogP contribution in [0, 0.1) is 23.7 Å². The standard InChI is InChI=1S/C15H24/c1-5-8-9-14-11-10-13(6-2)12(4)15(14)7-3/h7-15H,3,5-6H2,1-2,4H3/b9-8-. The Hall–Kier alpha value is -0.780. The predicted molar refractivity (Wildman–Crippen MR) is 68.7 cm³/mol. The van der Waals surface area contributed by atoms with Gasteiger partial charge in [-0.05, 0) is 30.6 Å². The fraction of sp³-hybridized carbons (Fsp3) is 0.600. The molecule has 0 saturated carbocycles. The fourth-order valence-corrected chi connectivity index (χ4v) is 2.58. The molecule has 1 aliphatic rings. The van der Waals surface area contributed by atoms with Crippen LogP contribution in [0.2, 0.25) is 0 Å². The van der Waals surface area contributed by atoms with Gasteiger partial charge in [0.1, 0.15) is 0 Å². The van der Waals surface area contributed by atoms with Crippen LogP contribution in [-0.4, -0.2) is 0 Å². The highest BCUT2D eigenvalue weighted by molar-refractivity contribution is 5.14. The van der Waals surface area contributed by atoms with Crippen LogP contribution < -0.4 is 0 Å². The van der Waals surface area contributed by atoms with Crippen LogP contribution in [0.3, 0.4) is 0 Å². The summed E-state index contributed by atoms with van der Waals surface area (Å²) in [6, 6.07) is 0. The van der Waals surface area contributed by atoms with Crippen molar-refractivity contribution in [3.05, 3.63) is 37.0 Å². The van der Waals surface area contributed by atoms with E-state index in [4.69, 9.17) is 0 Å². The molecule has 0 aromatic carbocycles. The van der Waals surface area contributed by atoms with Crippen LogP contribution in [0.5, 0.6) is 0 Å². The molecule has 0 N–H and O–H groups in total. The third-order valence-electron chi connectivity index (χ3n) is 3.65. The summed E-state index contributed by atoms with van der Waals surface area (Å²) in [7, 11) is 0. The lowest BCUT2D eigenvalue weighted by Gasteiger charge is -2.34. The molecule has 0 aromatic heterocycles. The lowest BCUT2D eigenvalue weighted by Crippen LogP contribution is -2.26. The highest BCUT2D eigenvalue weighted by Crippen LogP contribution is 2.36. The van der Waals surface area contributed by atoms with E-state index in [1.54, 1.807) is 0 Å². The van der Waals surface area contributed by atoms with E-state index in [2.05, 4.69) is 57.7 Å². The normalized spacial score (nSPS) is 35.9. The Morgan fingerprint density at radius 2 is 2.00 bits per heavy atom. The van der Waals surface area contributed by atoms with E-state index < -0.39 is 0 Å². The van der Waals surface area contributed by atoms with Gasteiger partial charge in [-0.3, -0.25) is 0 Å². The molecule has 0 amide bonds. The molecular weight excluding hydrogens is 180 g/mol. The first-order valence-electron chi connectivity index (χ1n) is 6.22. The van der Waals surface area contributed by atoms with Crippen molar-refractivity contribution in [2.75, 3.05) is 0 Å². The van der Waals surface area contributed by atoms with E-state index in [1.807, 2.05) is 0 Å². The molecule has 0 spiro atoms. The zero-order valence-corrected chi connectivity index (χ0v) is 10.3. The predicted octanol–water partition coefficient (Wildman–Crippen LogP) is 4.60. The number of hydrogen-bond donors (Lipinski definition) is 0. The summed E-state index contributed by atoms with van der Waals surface area (Å²) in [5, 5.41) is 0. The fourth-order valence-electron chi connectivity index (χ4n) is 2.58. The number of allylic oxidation sites excluding steroid dienone is 5. The molecule has 0 aliphatic heterocycles. The van der Waals surface area contributed by atoms with Gasteiger partial charge in [0.25, 0.3) is 0 Å². The van der Waals surface area contributed by atoms with Crippen molar-refractivity contribution in [2.24, 2.45) is 23.7 Å². The monoisotopic (exact) mass is 204 g/mol. The van der Waals surface area contributed by atoms with Crippen LogP contribution in [0.25, 0.3) is 0 Å². The summed E-state index contributed by atoms with van der Waals surface area (Å²) in [5.74, 6) is 2.64. The molecule has 1 rings (SSSR count). The third-order valence-corrected chi connectivity index (χ3v) is 3.65. The summed E-state index contributed by atoms with van der Waals surface area (Å²) < 4.78 is 0. The molecule has 0 fully saturated rings. The topological polar surface area (TPSA) is 0 Å². The van der Waals surface area contributed by atoms with Crippen molar-refractivity contribution >= 4 is 0 Å². The van der Waals surface area contributed by atoms with E-state index in [0.717, 1.165) is 18.3 Å². The second-order valence-electron chi connectivity index (χ2n) is 4.54. The van der Waals surface area contributed by atoms with E-state index in [0.29, 0.717) is 11.8 Å². The highest BCUT2D eigenvalue weighted by atomic mass is 14.3. The van der Waals surface area contributed by atoms with Crippen molar-refractivity contribution in [1.82, 2.24) is 0 Å². The number of hydrogen-bond acceptors (Lipinski definition) is 0. The van der Waals surface area contributed by atoms with Gasteiger partial charge >= 0.3 is 0 Å². The molecule has 0 saturated heterocycles. The van der Waals surface area contributed by atoms with Gasteiger partial charge in [-0.15, -0.1) is 6.58 Å². The molecule has 84 valence electrons. The van der Waals surface area contributed by atoms with Gasteiger partial charge in [-0.25, -0.2) is 0 Å². The van der Waals surface area contributed by atoms with Crippen LogP contribution in [0.1, 0.15) is 33.6 Å². The minimum absolute atomic E-state index is 0.570. The van der Waals surface area contributed by atoms with E-state index in [-0.39, 0.29) is 0 Å². The van der Waals surface area contributed by atoms with E-state index in [1.165, 1.54) is 6.42 Å². The molecule has 4 unspecified atom stereocenters. The van der Waals surface area contributed by atoms with Gasteiger partial charge in [0.15, 0.2) is 0 Å². The summed E-state index contributed by atoms with van der Waals surface area (Å²) in [5.41, 5.74) is 0. The zero-order chi connectivity index (χ0) is 11.3. The maximum atomic E-state index is 3.99. The Bertz CT molecular complexity index is 247. The van der Waals surface area contributed by atoms with Crippen LogP contribution in [0.15, 0.2) is 37.0 Å². The molecule has 0 bridgehead atoms. The molecule has 0 heteroatoms. The molecule has 4 atom stereocenters. The first-order chi connectivity index (χ1) is 7.24. The average Bonchev–Trinajstić information content (AvgIpc) is 2.26. The molecule has 0 aromatic rings. The highest BCUT2D eigenvalue weighted by Gasteiger charge is 2.28. The van der Waals surface area contributed by atoms with Gasteiger partial charge < -0.3 is 0 Å². The lowest BCUT2D eigenvalue weighted by atomic mass is 9.70. The van der Waals surface area contributed by atoms with E-state index in [9.17, 15) is 0 Å². The van der Waals surface area contributed by atoms with Gasteiger partial charge in [-0.2, -0.15) is 0 Å². The molecule has 0 radical (unpaired) electrons.